The van der Waals surface area contributed by atoms with Crippen molar-refractivity contribution in [2.75, 3.05) is 0 Å². The molecule has 1 N–H and O–H groups in total. The zero-order valence-electron chi connectivity index (χ0n) is 8.00. The van der Waals surface area contributed by atoms with Crippen LogP contribution < -0.4 is 0 Å². The second kappa shape index (κ2) is 4.77. The number of hydrogen-bond donors (Lipinski definition) is 1. The van der Waals surface area contributed by atoms with Crippen molar-refractivity contribution in [3.63, 3.8) is 0 Å². The molecule has 0 radical (unpaired) electrons. The Morgan fingerprint density at radius 3 is 2.15 bits per heavy atom. The summed E-state index contributed by atoms with van der Waals surface area (Å²) in [4.78, 5) is 0. The number of halogens is 1. The van der Waals surface area contributed by atoms with Gasteiger partial charge in [0.1, 0.15) is 0 Å². The molecule has 0 bridgehead atoms. The Hall–Kier alpha value is -0.340. The monoisotopic (exact) mass is 242 g/mol. The van der Waals surface area contributed by atoms with Crippen LogP contribution in [0.4, 0.5) is 0 Å². The van der Waals surface area contributed by atoms with E-state index in [9.17, 15) is 5.11 Å². The normalized spacial score (nSPS) is 13.3. The maximum atomic E-state index is 9.75. The summed E-state index contributed by atoms with van der Waals surface area (Å²) in [7, 11) is 0. The molecule has 1 nitrogen and oxygen atoms in total. The molecule has 0 heterocycles. The van der Waals surface area contributed by atoms with E-state index < -0.39 is 0 Å². The van der Waals surface area contributed by atoms with Gasteiger partial charge in [-0.2, -0.15) is 0 Å². The third kappa shape index (κ3) is 2.82. The van der Waals surface area contributed by atoms with E-state index in [2.05, 4.69) is 15.9 Å². The molecule has 0 aliphatic heterocycles. The molecule has 72 valence electrons. The molecule has 0 aliphatic carbocycles. The SMILES string of the molecule is CC(C)C(O)c1ccc(CBr)cc1. The summed E-state index contributed by atoms with van der Waals surface area (Å²) in [6.07, 6.45) is -0.343. The number of alkyl halides is 1. The van der Waals surface area contributed by atoms with Crippen LogP contribution in [-0.4, -0.2) is 5.11 Å². The summed E-state index contributed by atoms with van der Waals surface area (Å²) in [5, 5.41) is 10.6. The van der Waals surface area contributed by atoms with Crippen LogP contribution in [0, 0.1) is 5.92 Å². The highest BCUT2D eigenvalue weighted by Crippen LogP contribution is 2.21. The van der Waals surface area contributed by atoms with Crippen molar-refractivity contribution in [3.8, 4) is 0 Å². The van der Waals surface area contributed by atoms with E-state index >= 15 is 0 Å². The van der Waals surface area contributed by atoms with Crippen LogP contribution in [0.5, 0.6) is 0 Å². The lowest BCUT2D eigenvalue weighted by Crippen LogP contribution is -2.04. The fourth-order valence-corrected chi connectivity index (χ4v) is 1.56. The van der Waals surface area contributed by atoms with Crippen LogP contribution >= 0.6 is 15.9 Å². The summed E-state index contributed by atoms with van der Waals surface area (Å²) in [5.41, 5.74) is 2.24. The highest BCUT2D eigenvalue weighted by molar-refractivity contribution is 9.08. The Balaban J connectivity index is 2.79. The molecule has 0 spiro atoms. The molecule has 0 saturated carbocycles. The third-order valence-corrected chi connectivity index (χ3v) is 2.75. The van der Waals surface area contributed by atoms with E-state index in [1.165, 1.54) is 5.56 Å². The van der Waals surface area contributed by atoms with E-state index in [-0.39, 0.29) is 12.0 Å². The van der Waals surface area contributed by atoms with Gasteiger partial charge >= 0.3 is 0 Å². The maximum Gasteiger partial charge on any atom is 0.0812 e. The van der Waals surface area contributed by atoms with Gasteiger partial charge in [0.15, 0.2) is 0 Å². The van der Waals surface area contributed by atoms with Gasteiger partial charge < -0.3 is 5.11 Å². The molecule has 1 atom stereocenters. The van der Waals surface area contributed by atoms with Crippen LogP contribution in [0.1, 0.15) is 31.1 Å². The molecule has 2 heteroatoms. The summed E-state index contributed by atoms with van der Waals surface area (Å²) in [6, 6.07) is 8.05. The molecule has 1 rings (SSSR count). The molecule has 1 aromatic rings. The van der Waals surface area contributed by atoms with E-state index in [1.807, 2.05) is 38.1 Å². The smallest absolute Gasteiger partial charge is 0.0812 e. The van der Waals surface area contributed by atoms with Crippen molar-refractivity contribution in [2.45, 2.75) is 25.3 Å². The lowest BCUT2D eigenvalue weighted by atomic mass is 9.98. The van der Waals surface area contributed by atoms with E-state index in [1.54, 1.807) is 0 Å². The first-order chi connectivity index (χ1) is 6.15. The standard InChI is InChI=1S/C11H15BrO/c1-8(2)11(13)10-5-3-9(7-12)4-6-10/h3-6,8,11,13H,7H2,1-2H3. The molecule has 0 aromatic heterocycles. The minimum Gasteiger partial charge on any atom is -0.388 e. The van der Waals surface area contributed by atoms with Gasteiger partial charge in [0.05, 0.1) is 6.10 Å². The van der Waals surface area contributed by atoms with Gasteiger partial charge in [-0.3, -0.25) is 0 Å². The number of benzene rings is 1. The quantitative estimate of drug-likeness (QED) is 0.808. The second-order valence-corrected chi connectivity index (χ2v) is 4.12. The highest BCUT2D eigenvalue weighted by Gasteiger charge is 2.10. The fourth-order valence-electron chi connectivity index (χ4n) is 1.19. The Morgan fingerprint density at radius 2 is 1.77 bits per heavy atom. The Bertz CT molecular complexity index is 253. The first-order valence-corrected chi connectivity index (χ1v) is 5.60. The van der Waals surface area contributed by atoms with Crippen LogP contribution in [0.2, 0.25) is 0 Å². The van der Waals surface area contributed by atoms with Gasteiger partial charge in [-0.1, -0.05) is 54.0 Å². The average molecular weight is 243 g/mol. The molecule has 0 aliphatic rings. The van der Waals surface area contributed by atoms with Crippen molar-refractivity contribution in [3.05, 3.63) is 35.4 Å². The van der Waals surface area contributed by atoms with Gasteiger partial charge in [-0.05, 0) is 17.0 Å². The summed E-state index contributed by atoms with van der Waals surface area (Å²) in [6.45, 7) is 4.03. The molecule has 0 amide bonds. The first-order valence-electron chi connectivity index (χ1n) is 4.48. The van der Waals surface area contributed by atoms with Gasteiger partial charge in [0.25, 0.3) is 0 Å². The van der Waals surface area contributed by atoms with Crippen molar-refractivity contribution < 1.29 is 5.11 Å². The van der Waals surface area contributed by atoms with Crippen molar-refractivity contribution in [1.82, 2.24) is 0 Å². The van der Waals surface area contributed by atoms with Crippen LogP contribution in [-0.2, 0) is 5.33 Å². The Kier molecular flexibility index (Phi) is 3.94. The molecule has 0 saturated heterocycles. The maximum absolute atomic E-state index is 9.75. The minimum atomic E-state index is -0.343. The molecule has 0 fully saturated rings. The highest BCUT2D eigenvalue weighted by atomic mass is 79.9. The van der Waals surface area contributed by atoms with Gasteiger partial charge in [-0.15, -0.1) is 0 Å². The van der Waals surface area contributed by atoms with Crippen LogP contribution in [0.3, 0.4) is 0 Å². The molecule has 13 heavy (non-hydrogen) atoms. The molecule has 1 unspecified atom stereocenters. The lowest BCUT2D eigenvalue weighted by Gasteiger charge is -2.14. The fraction of sp³-hybridized carbons (Fsp3) is 0.455. The van der Waals surface area contributed by atoms with Crippen LogP contribution in [0.25, 0.3) is 0 Å². The second-order valence-electron chi connectivity index (χ2n) is 3.56. The van der Waals surface area contributed by atoms with Gasteiger partial charge in [-0.25, -0.2) is 0 Å². The third-order valence-electron chi connectivity index (χ3n) is 2.11. The zero-order chi connectivity index (χ0) is 9.84. The number of aliphatic hydroxyl groups excluding tert-OH is 1. The Labute approximate surface area is 87.9 Å². The number of aliphatic hydroxyl groups is 1. The Morgan fingerprint density at radius 1 is 1.23 bits per heavy atom. The largest absolute Gasteiger partial charge is 0.388 e. The number of hydrogen-bond acceptors (Lipinski definition) is 1. The first kappa shape index (κ1) is 10.7. The summed E-state index contributed by atoms with van der Waals surface area (Å²) in [5.74, 6) is 0.273. The summed E-state index contributed by atoms with van der Waals surface area (Å²) < 4.78 is 0. The van der Waals surface area contributed by atoms with E-state index in [0.717, 1.165) is 10.9 Å². The van der Waals surface area contributed by atoms with Crippen molar-refractivity contribution >= 4 is 15.9 Å². The summed E-state index contributed by atoms with van der Waals surface area (Å²) >= 11 is 3.39. The predicted molar refractivity (Wildman–Crippen MR) is 58.9 cm³/mol. The van der Waals surface area contributed by atoms with E-state index in [4.69, 9.17) is 0 Å². The van der Waals surface area contributed by atoms with Crippen LogP contribution in [0.15, 0.2) is 24.3 Å². The predicted octanol–water partition coefficient (Wildman–Crippen LogP) is 3.27. The van der Waals surface area contributed by atoms with Gasteiger partial charge in [0, 0.05) is 5.33 Å². The molecular weight excluding hydrogens is 228 g/mol. The number of rotatable bonds is 3. The van der Waals surface area contributed by atoms with Crippen molar-refractivity contribution in [2.24, 2.45) is 5.92 Å². The van der Waals surface area contributed by atoms with E-state index in [0.29, 0.717) is 0 Å². The molecule has 1 aromatic carbocycles. The van der Waals surface area contributed by atoms with Gasteiger partial charge in [0.2, 0.25) is 0 Å². The topological polar surface area (TPSA) is 20.2 Å². The van der Waals surface area contributed by atoms with Crippen molar-refractivity contribution in [1.29, 1.82) is 0 Å². The minimum absolute atomic E-state index is 0.273. The molecular formula is C11H15BrO. The zero-order valence-corrected chi connectivity index (χ0v) is 9.58. The lowest BCUT2D eigenvalue weighted by molar-refractivity contribution is 0.127. The average Bonchev–Trinajstić information content (AvgIpc) is 2.17.